The van der Waals surface area contributed by atoms with Crippen molar-refractivity contribution in [3.05, 3.63) is 53.3 Å². The Labute approximate surface area is 105 Å². The molecule has 86 valence electrons. The van der Waals surface area contributed by atoms with Crippen LogP contribution in [0.5, 0.6) is 0 Å². The zero-order valence-electron chi connectivity index (χ0n) is 9.81. The Hall–Kier alpha value is -2.85. The van der Waals surface area contributed by atoms with Crippen molar-refractivity contribution in [2.75, 3.05) is 5.32 Å². The molecule has 0 saturated heterocycles. The Morgan fingerprint density at radius 2 is 2.00 bits per heavy atom. The number of hydrogen-bond donors (Lipinski definition) is 1. The molecular formula is C14H10N4. The number of hydrogen-bond acceptors (Lipinski definition) is 4. The van der Waals surface area contributed by atoms with Crippen LogP contribution in [0.4, 0.5) is 11.4 Å². The van der Waals surface area contributed by atoms with Crippen LogP contribution >= 0.6 is 0 Å². The fourth-order valence-corrected chi connectivity index (χ4v) is 1.65. The molecule has 2 rings (SSSR count). The Balaban J connectivity index is 2.38. The van der Waals surface area contributed by atoms with Crippen LogP contribution in [-0.2, 0) is 0 Å². The number of nitrogens with one attached hydrogen (secondary N) is 1. The van der Waals surface area contributed by atoms with E-state index in [4.69, 9.17) is 10.5 Å². The van der Waals surface area contributed by atoms with Crippen LogP contribution < -0.4 is 5.32 Å². The van der Waals surface area contributed by atoms with Crippen LogP contribution in [0.15, 0.2) is 36.5 Å². The SMILES string of the molecule is Cc1cccc(Nc2ccnc(C#N)c2)c1C#N. The van der Waals surface area contributed by atoms with Gasteiger partial charge in [0.05, 0.1) is 11.3 Å². The summed E-state index contributed by atoms with van der Waals surface area (Å²) in [6.07, 6.45) is 1.56. The molecule has 0 spiro atoms. The van der Waals surface area contributed by atoms with Crippen molar-refractivity contribution in [1.29, 1.82) is 10.5 Å². The summed E-state index contributed by atoms with van der Waals surface area (Å²) < 4.78 is 0. The van der Waals surface area contributed by atoms with Crippen molar-refractivity contribution >= 4 is 11.4 Å². The van der Waals surface area contributed by atoms with Crippen molar-refractivity contribution in [3.8, 4) is 12.1 Å². The highest BCUT2D eigenvalue weighted by Gasteiger charge is 2.05. The zero-order chi connectivity index (χ0) is 13.0. The fraction of sp³-hybridized carbons (Fsp3) is 0.0714. The van der Waals surface area contributed by atoms with Crippen molar-refractivity contribution in [2.24, 2.45) is 0 Å². The third kappa shape index (κ3) is 2.28. The number of nitrogens with zero attached hydrogens (tertiary/aromatic N) is 3. The third-order valence-corrected chi connectivity index (χ3v) is 2.54. The minimum absolute atomic E-state index is 0.339. The first-order chi connectivity index (χ1) is 8.74. The summed E-state index contributed by atoms with van der Waals surface area (Å²) >= 11 is 0. The second kappa shape index (κ2) is 4.99. The molecule has 4 heteroatoms. The maximum atomic E-state index is 9.12. The normalized spacial score (nSPS) is 9.28. The highest BCUT2D eigenvalue weighted by Crippen LogP contribution is 2.22. The molecule has 0 amide bonds. The zero-order valence-corrected chi connectivity index (χ0v) is 9.81. The topological polar surface area (TPSA) is 72.5 Å². The number of rotatable bonds is 2. The molecule has 0 aliphatic carbocycles. The Morgan fingerprint density at radius 1 is 1.17 bits per heavy atom. The van der Waals surface area contributed by atoms with Gasteiger partial charge in [-0.3, -0.25) is 0 Å². The second-order valence-electron chi connectivity index (χ2n) is 3.78. The maximum Gasteiger partial charge on any atom is 0.142 e. The molecule has 0 bridgehead atoms. The molecule has 2 aromatic rings. The van der Waals surface area contributed by atoms with Crippen molar-refractivity contribution in [2.45, 2.75) is 6.92 Å². The van der Waals surface area contributed by atoms with Gasteiger partial charge in [-0.15, -0.1) is 0 Å². The minimum atomic E-state index is 0.339. The van der Waals surface area contributed by atoms with Gasteiger partial charge in [-0.25, -0.2) is 4.98 Å². The largest absolute Gasteiger partial charge is 0.354 e. The van der Waals surface area contributed by atoms with Gasteiger partial charge in [-0.2, -0.15) is 10.5 Å². The van der Waals surface area contributed by atoms with Gasteiger partial charge in [0.15, 0.2) is 0 Å². The van der Waals surface area contributed by atoms with Gasteiger partial charge in [-0.05, 0) is 30.7 Å². The number of benzene rings is 1. The molecule has 18 heavy (non-hydrogen) atoms. The molecule has 0 radical (unpaired) electrons. The molecule has 0 aliphatic rings. The number of anilines is 2. The summed E-state index contributed by atoms with van der Waals surface area (Å²) in [5.74, 6) is 0. The predicted octanol–water partition coefficient (Wildman–Crippen LogP) is 2.88. The van der Waals surface area contributed by atoms with E-state index in [9.17, 15) is 0 Å². The van der Waals surface area contributed by atoms with Gasteiger partial charge in [0, 0.05) is 11.9 Å². The van der Waals surface area contributed by atoms with E-state index in [0.29, 0.717) is 11.3 Å². The number of aryl methyl sites for hydroxylation is 1. The van der Waals surface area contributed by atoms with Gasteiger partial charge in [0.2, 0.25) is 0 Å². The van der Waals surface area contributed by atoms with E-state index >= 15 is 0 Å². The average Bonchev–Trinajstić information content (AvgIpc) is 2.39. The van der Waals surface area contributed by atoms with Crippen LogP contribution in [0, 0.1) is 29.6 Å². The molecule has 0 saturated carbocycles. The Morgan fingerprint density at radius 3 is 2.72 bits per heavy atom. The molecule has 1 aromatic heterocycles. The van der Waals surface area contributed by atoms with E-state index < -0.39 is 0 Å². The highest BCUT2D eigenvalue weighted by molar-refractivity contribution is 5.68. The van der Waals surface area contributed by atoms with Crippen LogP contribution in [0.1, 0.15) is 16.8 Å². The molecule has 0 aliphatic heterocycles. The first kappa shape index (κ1) is 11.6. The fourth-order valence-electron chi connectivity index (χ4n) is 1.65. The Kier molecular flexibility index (Phi) is 3.22. The summed E-state index contributed by atoms with van der Waals surface area (Å²) in [5.41, 5.74) is 3.33. The molecule has 1 heterocycles. The second-order valence-corrected chi connectivity index (χ2v) is 3.78. The summed E-state index contributed by atoms with van der Waals surface area (Å²) in [7, 11) is 0. The van der Waals surface area contributed by atoms with Gasteiger partial charge < -0.3 is 5.32 Å². The van der Waals surface area contributed by atoms with E-state index in [1.54, 1.807) is 18.3 Å². The quantitative estimate of drug-likeness (QED) is 0.867. The van der Waals surface area contributed by atoms with Crippen molar-refractivity contribution in [3.63, 3.8) is 0 Å². The predicted molar refractivity (Wildman–Crippen MR) is 68.1 cm³/mol. The molecule has 0 atom stereocenters. The van der Waals surface area contributed by atoms with Crippen molar-refractivity contribution in [1.82, 2.24) is 4.98 Å². The lowest BCUT2D eigenvalue weighted by Gasteiger charge is -2.09. The molecular weight excluding hydrogens is 224 g/mol. The lowest BCUT2D eigenvalue weighted by molar-refractivity contribution is 1.26. The molecule has 1 aromatic carbocycles. The molecule has 4 nitrogen and oxygen atoms in total. The summed E-state index contributed by atoms with van der Waals surface area (Å²) in [6.45, 7) is 1.89. The molecule has 1 N–H and O–H groups in total. The number of nitriles is 2. The van der Waals surface area contributed by atoms with Gasteiger partial charge in [-0.1, -0.05) is 12.1 Å². The van der Waals surface area contributed by atoms with Crippen LogP contribution in [0.3, 0.4) is 0 Å². The number of pyridine rings is 1. The van der Waals surface area contributed by atoms with Crippen LogP contribution in [0.2, 0.25) is 0 Å². The van der Waals surface area contributed by atoms with Crippen LogP contribution in [0.25, 0.3) is 0 Å². The van der Waals surface area contributed by atoms with Gasteiger partial charge in [0.1, 0.15) is 17.8 Å². The van der Waals surface area contributed by atoms with E-state index in [0.717, 1.165) is 16.9 Å². The lowest BCUT2D eigenvalue weighted by Crippen LogP contribution is -1.96. The average molecular weight is 234 g/mol. The van der Waals surface area contributed by atoms with E-state index in [1.165, 1.54) is 0 Å². The van der Waals surface area contributed by atoms with Gasteiger partial charge >= 0.3 is 0 Å². The summed E-state index contributed by atoms with van der Waals surface area (Å²) in [6, 6.07) is 13.1. The maximum absolute atomic E-state index is 9.12. The summed E-state index contributed by atoms with van der Waals surface area (Å²) in [4.78, 5) is 3.89. The monoisotopic (exact) mass is 234 g/mol. The third-order valence-electron chi connectivity index (χ3n) is 2.54. The van der Waals surface area contributed by atoms with E-state index in [2.05, 4.69) is 16.4 Å². The van der Waals surface area contributed by atoms with Crippen molar-refractivity contribution < 1.29 is 0 Å². The lowest BCUT2D eigenvalue weighted by atomic mass is 10.1. The molecule has 0 fully saturated rings. The summed E-state index contributed by atoms with van der Waals surface area (Å²) in [5, 5.41) is 21.0. The Bertz CT molecular complexity index is 662. The smallest absolute Gasteiger partial charge is 0.142 e. The first-order valence-corrected chi connectivity index (χ1v) is 5.37. The van der Waals surface area contributed by atoms with E-state index in [-0.39, 0.29) is 0 Å². The van der Waals surface area contributed by atoms with E-state index in [1.807, 2.05) is 31.2 Å². The van der Waals surface area contributed by atoms with Crippen LogP contribution in [-0.4, -0.2) is 4.98 Å². The first-order valence-electron chi connectivity index (χ1n) is 5.37. The van der Waals surface area contributed by atoms with Gasteiger partial charge in [0.25, 0.3) is 0 Å². The standard InChI is InChI=1S/C14H10N4/c1-10-3-2-4-14(13(10)9-16)18-11-5-6-17-12(7-11)8-15/h2-7H,1H3,(H,17,18). The minimum Gasteiger partial charge on any atom is -0.354 e. The number of aromatic nitrogens is 1. The molecule has 0 unspecified atom stereocenters. The highest BCUT2D eigenvalue weighted by atomic mass is 14.9.